The Morgan fingerprint density at radius 1 is 0.423 bits per heavy atom. The minimum Gasteiger partial charge on any atom is -0.394 e. The number of hydrogen-bond donors (Lipinski definition) is 6. The van der Waals surface area contributed by atoms with Gasteiger partial charge in [-0.25, -0.2) is 0 Å². The smallest absolute Gasteiger partial charge is 0.220 e. The molecule has 1 aliphatic heterocycles. The number of carbonyl (C=O) groups excluding carboxylic acids is 1. The molecule has 0 spiro atoms. The van der Waals surface area contributed by atoms with Crippen molar-refractivity contribution in [3.8, 4) is 0 Å². The molecule has 7 atom stereocenters. The lowest BCUT2D eigenvalue weighted by Crippen LogP contribution is -2.60. The van der Waals surface area contributed by atoms with Gasteiger partial charge in [0.25, 0.3) is 0 Å². The molecule has 0 aromatic rings. The van der Waals surface area contributed by atoms with Crippen molar-refractivity contribution >= 4 is 5.91 Å². The first kappa shape index (κ1) is 74.9. The third kappa shape index (κ3) is 47.4. The summed E-state index contributed by atoms with van der Waals surface area (Å²) < 4.78 is 11.4. The van der Waals surface area contributed by atoms with Crippen LogP contribution in [0, 0.1) is 0 Å². The van der Waals surface area contributed by atoms with Crippen LogP contribution in [0.2, 0.25) is 0 Å². The van der Waals surface area contributed by atoms with Crippen molar-refractivity contribution in [2.75, 3.05) is 13.2 Å². The van der Waals surface area contributed by atoms with E-state index in [2.05, 4.69) is 31.3 Å². The number of amides is 1. The molecule has 0 aromatic heterocycles. The van der Waals surface area contributed by atoms with Gasteiger partial charge >= 0.3 is 0 Å². The van der Waals surface area contributed by atoms with Gasteiger partial charge in [0.2, 0.25) is 5.91 Å². The molecule has 7 unspecified atom stereocenters. The van der Waals surface area contributed by atoms with Crippen LogP contribution in [-0.2, 0) is 14.3 Å². The molecule has 78 heavy (non-hydrogen) atoms. The third-order valence-electron chi connectivity index (χ3n) is 17.1. The summed E-state index contributed by atoms with van der Waals surface area (Å²) in [5, 5.41) is 54.9. The molecule has 1 fully saturated rings. The molecule has 1 rings (SSSR count). The van der Waals surface area contributed by atoms with Gasteiger partial charge in [0.1, 0.15) is 24.4 Å². The van der Waals surface area contributed by atoms with Gasteiger partial charge in [0, 0.05) is 6.42 Å². The number of hydrogen-bond acceptors (Lipinski definition) is 8. The molecule has 9 nitrogen and oxygen atoms in total. The molecule has 0 bridgehead atoms. The van der Waals surface area contributed by atoms with Gasteiger partial charge in [0.05, 0.1) is 25.4 Å². The highest BCUT2D eigenvalue weighted by atomic mass is 16.7. The minimum absolute atomic E-state index is 0.133. The van der Waals surface area contributed by atoms with Crippen LogP contribution in [0.4, 0.5) is 0 Å². The van der Waals surface area contributed by atoms with Gasteiger partial charge in [-0.1, -0.05) is 334 Å². The summed E-state index contributed by atoms with van der Waals surface area (Å²) in [6.45, 7) is 3.90. The monoisotopic (exact) mass is 1110 g/mol. The van der Waals surface area contributed by atoms with Crippen molar-refractivity contribution in [1.82, 2.24) is 5.32 Å². The Labute approximate surface area is 484 Å². The number of nitrogens with one attached hydrogen (secondary N) is 1. The summed E-state index contributed by atoms with van der Waals surface area (Å²) in [7, 11) is 0. The Bertz CT molecular complexity index is 1240. The van der Waals surface area contributed by atoms with Crippen LogP contribution < -0.4 is 5.32 Å². The van der Waals surface area contributed by atoms with E-state index in [0.717, 1.165) is 38.5 Å². The molecule has 1 aliphatic rings. The minimum atomic E-state index is -1.55. The number of ether oxygens (including phenoxy) is 2. The predicted molar refractivity (Wildman–Crippen MR) is 332 cm³/mol. The summed E-state index contributed by atoms with van der Waals surface area (Å²) >= 11 is 0. The maximum Gasteiger partial charge on any atom is 0.220 e. The van der Waals surface area contributed by atoms with E-state index in [0.29, 0.717) is 12.8 Å². The lowest BCUT2D eigenvalue weighted by molar-refractivity contribution is -0.302. The van der Waals surface area contributed by atoms with E-state index in [-0.39, 0.29) is 12.5 Å². The molecule has 1 saturated heterocycles. The molecular formula is C69H135NO8. The van der Waals surface area contributed by atoms with Crippen LogP contribution in [0.5, 0.6) is 0 Å². The molecule has 1 heterocycles. The van der Waals surface area contributed by atoms with Crippen LogP contribution in [-0.4, -0.2) is 87.5 Å². The first-order valence-corrected chi connectivity index (χ1v) is 34.9. The first-order valence-electron chi connectivity index (χ1n) is 34.9. The molecule has 9 heteroatoms. The van der Waals surface area contributed by atoms with E-state index in [1.807, 2.05) is 0 Å². The molecule has 464 valence electrons. The van der Waals surface area contributed by atoms with Crippen LogP contribution in [0.1, 0.15) is 367 Å². The summed E-state index contributed by atoms with van der Waals surface area (Å²) in [5.74, 6) is -0.138. The Hall–Kier alpha value is -1.07. The van der Waals surface area contributed by atoms with Gasteiger partial charge in [0.15, 0.2) is 6.29 Å². The second-order valence-corrected chi connectivity index (χ2v) is 24.7. The van der Waals surface area contributed by atoms with Gasteiger partial charge in [-0.2, -0.15) is 0 Å². The normalized spacial score (nSPS) is 18.6. The number of carbonyl (C=O) groups is 1. The van der Waals surface area contributed by atoms with Crippen LogP contribution >= 0.6 is 0 Å². The SMILES string of the molecule is CCCCCCCCCC/C=C\CCCCCCCCCCCCCC(=O)NC(COC1OC(CO)C(O)C(O)C1O)C(O)CCCCCCCCCCCCCCCCCCCCCCCCCCCCCCCCCC. The number of allylic oxidation sites excluding steroid dienone is 2. The summed E-state index contributed by atoms with van der Waals surface area (Å²) in [6, 6.07) is -0.718. The van der Waals surface area contributed by atoms with Gasteiger partial charge in [-0.05, 0) is 38.5 Å². The average Bonchev–Trinajstić information content (AvgIpc) is 3.45. The summed E-state index contributed by atoms with van der Waals surface area (Å²) in [6.07, 6.45) is 68.5. The Morgan fingerprint density at radius 2 is 0.718 bits per heavy atom. The third-order valence-corrected chi connectivity index (χ3v) is 17.1. The van der Waals surface area contributed by atoms with E-state index in [9.17, 15) is 30.3 Å². The van der Waals surface area contributed by atoms with Crippen molar-refractivity contribution in [1.29, 1.82) is 0 Å². The zero-order chi connectivity index (χ0) is 56.5. The second kappa shape index (κ2) is 59.1. The molecule has 0 radical (unpaired) electrons. The van der Waals surface area contributed by atoms with E-state index < -0.39 is 49.5 Å². The van der Waals surface area contributed by atoms with E-state index in [1.165, 1.54) is 302 Å². The average molecular weight is 1110 g/mol. The number of unbranched alkanes of at least 4 members (excludes halogenated alkanes) is 50. The van der Waals surface area contributed by atoms with Crippen molar-refractivity contribution in [3.05, 3.63) is 12.2 Å². The molecule has 0 aliphatic carbocycles. The fraction of sp³-hybridized carbons (Fsp3) is 0.957. The zero-order valence-electron chi connectivity index (χ0n) is 52.0. The second-order valence-electron chi connectivity index (χ2n) is 24.7. The molecule has 1 amide bonds. The van der Waals surface area contributed by atoms with Gasteiger partial charge < -0.3 is 40.3 Å². The standard InChI is InChI=1S/C69H135NO8/c1-3-5-7-9-11-13-15-17-19-21-23-25-27-28-29-30-31-32-33-34-35-37-38-40-42-44-46-48-50-52-54-56-58-63(72)62(61-77-69-68(76)67(75)66(74)64(60-71)78-69)70-65(73)59-57-55-53-51-49-47-45-43-41-39-36-26-24-22-20-18-16-14-12-10-8-6-4-2/h22,24,62-64,66-69,71-72,74-76H,3-21,23,25-61H2,1-2H3,(H,70,73)/b24-22-. The highest BCUT2D eigenvalue weighted by Crippen LogP contribution is 2.24. The topological polar surface area (TPSA) is 149 Å². The largest absolute Gasteiger partial charge is 0.394 e. The Balaban J connectivity index is 2.10. The molecular weight excluding hydrogens is 971 g/mol. The summed E-state index contributed by atoms with van der Waals surface area (Å²) in [5.41, 5.74) is 0. The highest BCUT2D eigenvalue weighted by Gasteiger charge is 2.44. The fourth-order valence-corrected chi connectivity index (χ4v) is 11.6. The van der Waals surface area contributed by atoms with E-state index >= 15 is 0 Å². The molecule has 0 aromatic carbocycles. The highest BCUT2D eigenvalue weighted by molar-refractivity contribution is 5.76. The first-order chi connectivity index (χ1) is 38.3. The maximum absolute atomic E-state index is 13.1. The zero-order valence-corrected chi connectivity index (χ0v) is 52.0. The Morgan fingerprint density at radius 3 is 1.04 bits per heavy atom. The quantitative estimate of drug-likeness (QED) is 0.0261. The number of aliphatic hydroxyl groups excluding tert-OH is 5. The Kier molecular flexibility index (Phi) is 56.8. The molecule has 6 N–H and O–H groups in total. The lowest BCUT2D eigenvalue weighted by atomic mass is 9.99. The maximum atomic E-state index is 13.1. The van der Waals surface area contributed by atoms with E-state index in [4.69, 9.17) is 9.47 Å². The lowest BCUT2D eigenvalue weighted by Gasteiger charge is -2.40. The van der Waals surface area contributed by atoms with E-state index in [1.54, 1.807) is 0 Å². The number of aliphatic hydroxyl groups is 5. The summed E-state index contributed by atoms with van der Waals surface area (Å²) in [4.78, 5) is 13.1. The van der Waals surface area contributed by atoms with Crippen molar-refractivity contribution in [2.45, 2.75) is 410 Å². The van der Waals surface area contributed by atoms with Crippen molar-refractivity contribution in [3.63, 3.8) is 0 Å². The van der Waals surface area contributed by atoms with Crippen molar-refractivity contribution < 1.29 is 39.8 Å². The van der Waals surface area contributed by atoms with Gasteiger partial charge in [-0.3, -0.25) is 4.79 Å². The molecule has 0 saturated carbocycles. The van der Waals surface area contributed by atoms with Crippen LogP contribution in [0.15, 0.2) is 12.2 Å². The fourth-order valence-electron chi connectivity index (χ4n) is 11.6. The van der Waals surface area contributed by atoms with Crippen molar-refractivity contribution in [2.24, 2.45) is 0 Å². The van der Waals surface area contributed by atoms with Crippen LogP contribution in [0.25, 0.3) is 0 Å². The predicted octanol–water partition coefficient (Wildman–Crippen LogP) is 18.7. The number of rotatable bonds is 62. The van der Waals surface area contributed by atoms with Crippen LogP contribution in [0.3, 0.4) is 0 Å². The van der Waals surface area contributed by atoms with Gasteiger partial charge in [-0.15, -0.1) is 0 Å².